The lowest BCUT2D eigenvalue weighted by Gasteiger charge is -2.10. The molecular weight excluding hydrogens is 450 g/mol. The van der Waals surface area contributed by atoms with Crippen LogP contribution in [0.25, 0.3) is 22.4 Å². The lowest BCUT2D eigenvalue weighted by molar-refractivity contribution is 0.0491. The van der Waals surface area contributed by atoms with Crippen LogP contribution in [0, 0.1) is 6.92 Å². The van der Waals surface area contributed by atoms with Gasteiger partial charge in [-0.3, -0.25) is 4.57 Å². The molecule has 0 bridgehead atoms. The Bertz CT molecular complexity index is 1440. The highest BCUT2D eigenvalue weighted by molar-refractivity contribution is 7.98. The van der Waals surface area contributed by atoms with Crippen LogP contribution < -0.4 is 0 Å². The van der Waals surface area contributed by atoms with Gasteiger partial charge in [-0.05, 0) is 31.5 Å². The molecule has 34 heavy (non-hydrogen) atoms. The zero-order valence-electron chi connectivity index (χ0n) is 18.9. The number of fused-ring (bicyclic) bond motifs is 1. The number of carbonyl (C=O) groups is 1. The number of nitrogens with zero attached hydrogens (tertiary/aromatic N) is 3. The number of esters is 1. The molecule has 0 atom stereocenters. The normalized spacial score (nSPS) is 11.2. The number of hydrogen-bond donors (Lipinski definition) is 0. The smallest absolute Gasteiger partial charge is 0.374 e. The van der Waals surface area contributed by atoms with Crippen molar-refractivity contribution in [1.82, 2.24) is 14.8 Å². The summed E-state index contributed by atoms with van der Waals surface area (Å²) in [6.07, 6.45) is 1.66. The zero-order chi connectivity index (χ0) is 23.5. The second-order valence-corrected chi connectivity index (χ2v) is 8.63. The number of aromatic nitrogens is 3. The number of ether oxygens (including phenoxy) is 1. The highest BCUT2D eigenvalue weighted by atomic mass is 32.2. The quantitative estimate of drug-likeness (QED) is 0.199. The molecule has 0 saturated heterocycles. The summed E-state index contributed by atoms with van der Waals surface area (Å²) in [4.78, 5) is 12.6. The third-order valence-corrected chi connectivity index (χ3v) is 6.50. The van der Waals surface area contributed by atoms with E-state index in [4.69, 9.17) is 13.6 Å². The van der Waals surface area contributed by atoms with Crippen LogP contribution in [0.2, 0.25) is 0 Å². The topological polar surface area (TPSA) is 83.3 Å². The Morgan fingerprint density at radius 1 is 1.06 bits per heavy atom. The molecular formula is C26H23N3O4S. The standard InChI is InChI=1S/C26H23N3O4S/c1-3-31-25(30)23-21(20-11-7-8-12-22(20)33-23)16-34-26-28-27-24(19-13-14-32-17(19)2)29(26)15-18-9-5-4-6-10-18/h4-14H,3,15-16H2,1-2H3. The van der Waals surface area contributed by atoms with Gasteiger partial charge in [0.25, 0.3) is 0 Å². The third kappa shape index (κ3) is 4.24. The van der Waals surface area contributed by atoms with Crippen LogP contribution in [-0.2, 0) is 17.0 Å². The van der Waals surface area contributed by atoms with Crippen LogP contribution in [-0.4, -0.2) is 27.3 Å². The van der Waals surface area contributed by atoms with Gasteiger partial charge in [0.05, 0.1) is 25.0 Å². The monoisotopic (exact) mass is 473 g/mol. The molecule has 8 heteroatoms. The molecule has 0 saturated carbocycles. The zero-order valence-corrected chi connectivity index (χ0v) is 19.7. The molecule has 0 fully saturated rings. The van der Waals surface area contributed by atoms with Crippen molar-refractivity contribution in [2.75, 3.05) is 6.61 Å². The van der Waals surface area contributed by atoms with Gasteiger partial charge in [0.1, 0.15) is 11.3 Å². The first-order chi connectivity index (χ1) is 16.7. The molecule has 172 valence electrons. The van der Waals surface area contributed by atoms with Gasteiger partial charge in [0.15, 0.2) is 11.0 Å². The third-order valence-electron chi connectivity index (χ3n) is 5.50. The number of aryl methyl sites for hydroxylation is 1. The summed E-state index contributed by atoms with van der Waals surface area (Å²) in [6.45, 7) is 4.57. The number of hydrogen-bond acceptors (Lipinski definition) is 7. The molecule has 5 aromatic rings. The van der Waals surface area contributed by atoms with Gasteiger partial charge in [-0.15, -0.1) is 10.2 Å². The van der Waals surface area contributed by atoms with Crippen molar-refractivity contribution in [3.63, 3.8) is 0 Å². The second-order valence-electron chi connectivity index (χ2n) is 7.68. The highest BCUT2D eigenvalue weighted by Gasteiger charge is 2.24. The van der Waals surface area contributed by atoms with E-state index in [-0.39, 0.29) is 12.4 Å². The van der Waals surface area contributed by atoms with Crippen LogP contribution in [0.15, 0.2) is 80.9 Å². The maximum Gasteiger partial charge on any atom is 0.374 e. The van der Waals surface area contributed by atoms with Crippen LogP contribution in [0.4, 0.5) is 0 Å². The van der Waals surface area contributed by atoms with Crippen LogP contribution in [0.5, 0.6) is 0 Å². The van der Waals surface area contributed by atoms with E-state index in [1.165, 1.54) is 11.8 Å². The minimum Gasteiger partial charge on any atom is -0.469 e. The summed E-state index contributed by atoms with van der Waals surface area (Å²) in [5, 5.41) is 10.6. The average molecular weight is 474 g/mol. The summed E-state index contributed by atoms with van der Waals surface area (Å²) in [7, 11) is 0. The molecule has 7 nitrogen and oxygen atoms in total. The molecule has 0 radical (unpaired) electrons. The Balaban J connectivity index is 1.52. The van der Waals surface area contributed by atoms with Crippen molar-refractivity contribution in [1.29, 1.82) is 0 Å². The minimum absolute atomic E-state index is 0.232. The number of benzene rings is 2. The Morgan fingerprint density at radius 3 is 2.62 bits per heavy atom. The minimum atomic E-state index is -0.463. The lowest BCUT2D eigenvalue weighted by atomic mass is 10.1. The maximum absolute atomic E-state index is 12.6. The van der Waals surface area contributed by atoms with Crippen LogP contribution >= 0.6 is 11.8 Å². The molecule has 0 unspecified atom stereocenters. The first-order valence-corrected chi connectivity index (χ1v) is 12.0. The van der Waals surface area contributed by atoms with Crippen LogP contribution in [0.3, 0.4) is 0 Å². The van der Waals surface area contributed by atoms with Gasteiger partial charge in [-0.25, -0.2) is 4.79 Å². The van der Waals surface area contributed by atoms with Crippen molar-refractivity contribution in [3.8, 4) is 11.4 Å². The summed E-state index contributed by atoms with van der Waals surface area (Å²) < 4.78 is 18.7. The maximum atomic E-state index is 12.6. The van der Waals surface area contributed by atoms with Crippen molar-refractivity contribution >= 4 is 28.7 Å². The summed E-state index contributed by atoms with van der Waals surface area (Å²) in [6, 6.07) is 19.7. The number of rotatable bonds is 8. The molecule has 0 amide bonds. The first kappa shape index (κ1) is 22.0. The molecule has 0 spiro atoms. The van der Waals surface area contributed by atoms with Gasteiger partial charge in [-0.1, -0.05) is 60.3 Å². The average Bonchev–Trinajstić information content (AvgIpc) is 3.55. The Kier molecular flexibility index (Phi) is 6.22. The van der Waals surface area contributed by atoms with E-state index in [1.807, 2.05) is 55.5 Å². The van der Waals surface area contributed by atoms with Gasteiger partial charge < -0.3 is 13.6 Å². The van der Waals surface area contributed by atoms with Crippen molar-refractivity contribution in [3.05, 3.63) is 89.6 Å². The number of carbonyl (C=O) groups excluding carboxylic acids is 1. The van der Waals surface area contributed by atoms with E-state index in [0.717, 1.165) is 38.8 Å². The van der Waals surface area contributed by atoms with E-state index in [0.29, 0.717) is 17.9 Å². The molecule has 0 aliphatic carbocycles. The van der Waals surface area contributed by atoms with Gasteiger partial charge in [0, 0.05) is 16.7 Å². The molecule has 5 rings (SSSR count). The summed E-state index contributed by atoms with van der Waals surface area (Å²) >= 11 is 1.50. The van der Waals surface area contributed by atoms with E-state index in [2.05, 4.69) is 26.9 Å². The summed E-state index contributed by atoms with van der Waals surface area (Å²) in [5.74, 6) is 1.76. The first-order valence-electron chi connectivity index (χ1n) is 11.0. The van der Waals surface area contributed by atoms with Crippen molar-refractivity contribution in [2.24, 2.45) is 0 Å². The van der Waals surface area contributed by atoms with Gasteiger partial charge >= 0.3 is 5.97 Å². The molecule has 2 aromatic carbocycles. The molecule has 3 heterocycles. The number of furan rings is 2. The Morgan fingerprint density at radius 2 is 1.85 bits per heavy atom. The van der Waals surface area contributed by atoms with E-state index < -0.39 is 5.97 Å². The van der Waals surface area contributed by atoms with E-state index in [1.54, 1.807) is 13.2 Å². The summed E-state index contributed by atoms with van der Waals surface area (Å²) in [5.41, 5.74) is 3.47. The predicted octanol–water partition coefficient (Wildman–Crippen LogP) is 6.11. The fourth-order valence-electron chi connectivity index (χ4n) is 3.86. The van der Waals surface area contributed by atoms with Crippen molar-refractivity contribution < 1.29 is 18.4 Å². The van der Waals surface area contributed by atoms with Gasteiger partial charge in [-0.2, -0.15) is 0 Å². The number of thioether (sulfide) groups is 1. The molecule has 0 aliphatic heterocycles. The molecule has 0 N–H and O–H groups in total. The fourth-order valence-corrected chi connectivity index (χ4v) is 4.83. The Hall–Kier alpha value is -3.78. The second kappa shape index (κ2) is 9.61. The number of para-hydroxylation sites is 1. The van der Waals surface area contributed by atoms with Crippen LogP contribution in [0.1, 0.15) is 34.4 Å². The predicted molar refractivity (Wildman–Crippen MR) is 130 cm³/mol. The lowest BCUT2D eigenvalue weighted by Crippen LogP contribution is -2.06. The highest BCUT2D eigenvalue weighted by Crippen LogP contribution is 2.34. The van der Waals surface area contributed by atoms with E-state index in [9.17, 15) is 4.79 Å². The Labute approximate surface area is 200 Å². The SMILES string of the molecule is CCOC(=O)c1oc2ccccc2c1CSc1nnc(-c2ccoc2C)n1Cc1ccccc1. The van der Waals surface area contributed by atoms with Crippen molar-refractivity contribution in [2.45, 2.75) is 31.3 Å². The fraction of sp³-hybridized carbons (Fsp3) is 0.192. The van der Waals surface area contributed by atoms with Gasteiger partial charge in [0.2, 0.25) is 5.76 Å². The molecule has 3 aromatic heterocycles. The van der Waals surface area contributed by atoms with E-state index >= 15 is 0 Å². The molecule has 0 aliphatic rings. The largest absolute Gasteiger partial charge is 0.469 e.